The van der Waals surface area contributed by atoms with Gasteiger partial charge in [0.25, 0.3) is 0 Å². The van der Waals surface area contributed by atoms with Gasteiger partial charge in [-0.1, -0.05) is 0 Å². The lowest BCUT2D eigenvalue weighted by Crippen LogP contribution is -2.33. The Kier molecular flexibility index (Phi) is 9.10. The van der Waals surface area contributed by atoms with E-state index < -0.39 is 0 Å². The minimum Gasteiger partial charge on any atom is -0.497 e. The van der Waals surface area contributed by atoms with Gasteiger partial charge in [-0.15, -0.1) is 0 Å². The van der Waals surface area contributed by atoms with Gasteiger partial charge in [0, 0.05) is 31.3 Å². The Bertz CT molecular complexity index is 599. The van der Waals surface area contributed by atoms with Gasteiger partial charge in [0.15, 0.2) is 0 Å². The highest BCUT2D eigenvalue weighted by atomic mass is 16.5. The number of rotatable bonds is 10. The van der Waals surface area contributed by atoms with Crippen molar-refractivity contribution in [1.82, 2.24) is 4.90 Å². The quantitative estimate of drug-likeness (QED) is 0.508. The number of hydrogen-bond acceptors (Lipinski definition) is 6. The average Bonchev–Trinajstić information content (AvgIpc) is 2.65. The van der Waals surface area contributed by atoms with Crippen LogP contribution in [0.5, 0.6) is 11.5 Å². The second-order valence-corrected chi connectivity index (χ2v) is 5.17. The van der Waals surface area contributed by atoms with Crippen molar-refractivity contribution in [2.24, 2.45) is 0 Å². The van der Waals surface area contributed by atoms with E-state index in [1.807, 2.05) is 0 Å². The summed E-state index contributed by atoms with van der Waals surface area (Å²) in [6.07, 6.45) is 3.58. The molecule has 1 aromatic rings. The molecule has 7 nitrogen and oxygen atoms in total. The van der Waals surface area contributed by atoms with Crippen molar-refractivity contribution in [3.63, 3.8) is 0 Å². The molecule has 1 rings (SSSR count). The van der Waals surface area contributed by atoms with Gasteiger partial charge >= 0.3 is 5.97 Å². The molecule has 25 heavy (non-hydrogen) atoms. The van der Waals surface area contributed by atoms with E-state index in [-0.39, 0.29) is 31.4 Å². The molecule has 0 heterocycles. The lowest BCUT2D eigenvalue weighted by Gasteiger charge is -2.20. The molecular formula is C18H25NO6. The van der Waals surface area contributed by atoms with Crippen molar-refractivity contribution >= 4 is 18.0 Å². The van der Waals surface area contributed by atoms with E-state index in [1.165, 1.54) is 18.1 Å². The second-order valence-electron chi connectivity index (χ2n) is 5.17. The molecule has 0 aliphatic rings. The Balaban J connectivity index is 2.86. The normalized spacial score (nSPS) is 10.6. The van der Waals surface area contributed by atoms with Gasteiger partial charge in [0.05, 0.1) is 27.8 Å². The lowest BCUT2D eigenvalue weighted by atomic mass is 10.1. The molecule has 0 aliphatic heterocycles. The number of ether oxygens (including phenoxy) is 3. The molecule has 0 saturated carbocycles. The fraction of sp³-hybridized carbons (Fsp3) is 0.444. The van der Waals surface area contributed by atoms with Crippen LogP contribution in [0.15, 0.2) is 24.3 Å². The zero-order chi connectivity index (χ0) is 18.7. The summed E-state index contributed by atoms with van der Waals surface area (Å²) in [6, 6.07) is 5.28. The van der Waals surface area contributed by atoms with Gasteiger partial charge in [-0.3, -0.25) is 9.59 Å². The fourth-order valence-electron chi connectivity index (χ4n) is 2.16. The molecule has 138 valence electrons. The number of aliphatic hydroxyl groups is 1. The van der Waals surface area contributed by atoms with E-state index in [2.05, 4.69) is 4.74 Å². The van der Waals surface area contributed by atoms with E-state index in [4.69, 9.17) is 14.6 Å². The van der Waals surface area contributed by atoms with Crippen LogP contribution in [-0.2, 0) is 14.3 Å². The third-order valence-electron chi connectivity index (χ3n) is 3.55. The zero-order valence-corrected chi connectivity index (χ0v) is 14.9. The number of carbonyl (C=O) groups excluding carboxylic acids is 2. The summed E-state index contributed by atoms with van der Waals surface area (Å²) in [5.74, 6) is 0.611. The fourth-order valence-corrected chi connectivity index (χ4v) is 2.16. The van der Waals surface area contributed by atoms with Crippen LogP contribution in [-0.4, -0.2) is 62.9 Å². The van der Waals surface area contributed by atoms with Gasteiger partial charge in [0.1, 0.15) is 11.5 Å². The Labute approximate surface area is 147 Å². The zero-order valence-electron chi connectivity index (χ0n) is 14.9. The van der Waals surface area contributed by atoms with Crippen LogP contribution in [0.3, 0.4) is 0 Å². The van der Waals surface area contributed by atoms with Gasteiger partial charge in [-0.25, -0.2) is 0 Å². The van der Waals surface area contributed by atoms with Crippen LogP contribution >= 0.6 is 0 Å². The molecule has 0 spiro atoms. The topological polar surface area (TPSA) is 85.3 Å². The number of benzene rings is 1. The maximum Gasteiger partial charge on any atom is 0.307 e. The average molecular weight is 351 g/mol. The Hall–Kier alpha value is -2.54. The summed E-state index contributed by atoms with van der Waals surface area (Å²) >= 11 is 0. The molecule has 1 amide bonds. The number of hydrogen-bond donors (Lipinski definition) is 1. The van der Waals surface area contributed by atoms with E-state index in [1.54, 1.807) is 38.5 Å². The molecule has 1 N–H and O–H groups in total. The van der Waals surface area contributed by atoms with Crippen molar-refractivity contribution in [1.29, 1.82) is 0 Å². The van der Waals surface area contributed by atoms with E-state index in [9.17, 15) is 9.59 Å². The monoisotopic (exact) mass is 351 g/mol. The first-order valence-corrected chi connectivity index (χ1v) is 7.92. The number of aliphatic hydroxyl groups excluding tert-OH is 1. The molecule has 0 radical (unpaired) electrons. The third-order valence-corrected chi connectivity index (χ3v) is 3.55. The number of amides is 1. The highest BCUT2D eigenvalue weighted by Gasteiger charge is 2.13. The van der Waals surface area contributed by atoms with Crippen LogP contribution < -0.4 is 9.47 Å². The second kappa shape index (κ2) is 11.1. The van der Waals surface area contributed by atoms with Crippen molar-refractivity contribution in [2.45, 2.75) is 12.8 Å². The SMILES string of the molecule is COC(=O)CCN(CCCO)C(=O)/C=C/c1cc(OC)ccc1OC. The highest BCUT2D eigenvalue weighted by Crippen LogP contribution is 2.25. The van der Waals surface area contributed by atoms with Crippen molar-refractivity contribution in [3.05, 3.63) is 29.8 Å². The molecule has 0 bridgehead atoms. The predicted molar refractivity (Wildman–Crippen MR) is 93.5 cm³/mol. The third kappa shape index (κ3) is 6.84. The lowest BCUT2D eigenvalue weighted by molar-refractivity contribution is -0.141. The molecule has 0 atom stereocenters. The van der Waals surface area contributed by atoms with Crippen LogP contribution in [0.2, 0.25) is 0 Å². The molecule has 1 aromatic carbocycles. The standard InChI is InChI=1S/C18H25NO6/c1-23-15-6-7-16(24-2)14(13-15)5-8-17(21)19(10-4-12-20)11-9-18(22)25-3/h5-8,13,20H,4,9-12H2,1-3H3/b8-5+. The molecule has 7 heteroatoms. The Morgan fingerprint density at radius 1 is 1.16 bits per heavy atom. The first kappa shape index (κ1) is 20.5. The van der Waals surface area contributed by atoms with Crippen LogP contribution in [0, 0.1) is 0 Å². The minimum atomic E-state index is -0.389. The summed E-state index contributed by atoms with van der Waals surface area (Å²) in [4.78, 5) is 25.2. The number of nitrogens with zero attached hydrogens (tertiary/aromatic N) is 1. The largest absolute Gasteiger partial charge is 0.497 e. The predicted octanol–water partition coefficient (Wildman–Crippen LogP) is 1.49. The number of methoxy groups -OCH3 is 3. The summed E-state index contributed by atoms with van der Waals surface area (Å²) in [5, 5.41) is 8.98. The highest BCUT2D eigenvalue weighted by molar-refractivity contribution is 5.92. The molecule has 0 aromatic heterocycles. The Morgan fingerprint density at radius 3 is 2.52 bits per heavy atom. The smallest absolute Gasteiger partial charge is 0.307 e. The van der Waals surface area contributed by atoms with E-state index in [0.29, 0.717) is 30.0 Å². The van der Waals surface area contributed by atoms with E-state index in [0.717, 1.165) is 0 Å². The van der Waals surface area contributed by atoms with Crippen LogP contribution in [0.4, 0.5) is 0 Å². The minimum absolute atomic E-state index is 0.0323. The molecular weight excluding hydrogens is 326 g/mol. The van der Waals surface area contributed by atoms with Crippen molar-refractivity contribution in [3.8, 4) is 11.5 Å². The first-order chi connectivity index (χ1) is 12.0. The first-order valence-electron chi connectivity index (χ1n) is 7.92. The van der Waals surface area contributed by atoms with Crippen molar-refractivity contribution in [2.75, 3.05) is 41.0 Å². The van der Waals surface area contributed by atoms with Crippen molar-refractivity contribution < 1.29 is 28.9 Å². The molecule has 0 fully saturated rings. The number of carbonyl (C=O) groups is 2. The van der Waals surface area contributed by atoms with Gasteiger partial charge in [0.2, 0.25) is 5.91 Å². The molecule has 0 saturated heterocycles. The van der Waals surface area contributed by atoms with Gasteiger partial charge in [-0.2, -0.15) is 0 Å². The summed E-state index contributed by atoms with van der Waals surface area (Å²) in [6.45, 7) is 0.548. The maximum absolute atomic E-state index is 12.4. The molecule has 0 unspecified atom stereocenters. The maximum atomic E-state index is 12.4. The Morgan fingerprint density at radius 2 is 1.92 bits per heavy atom. The van der Waals surface area contributed by atoms with Crippen LogP contribution in [0.1, 0.15) is 18.4 Å². The number of esters is 1. The van der Waals surface area contributed by atoms with Crippen LogP contribution in [0.25, 0.3) is 6.08 Å². The summed E-state index contributed by atoms with van der Waals surface area (Å²) in [7, 11) is 4.41. The summed E-state index contributed by atoms with van der Waals surface area (Å²) in [5.41, 5.74) is 0.699. The summed E-state index contributed by atoms with van der Waals surface area (Å²) < 4.78 is 15.0. The van der Waals surface area contributed by atoms with Gasteiger partial charge < -0.3 is 24.2 Å². The van der Waals surface area contributed by atoms with Gasteiger partial charge in [-0.05, 0) is 30.7 Å². The van der Waals surface area contributed by atoms with E-state index >= 15 is 0 Å². The molecule has 0 aliphatic carbocycles.